The fourth-order valence-electron chi connectivity index (χ4n) is 2.05. The van der Waals surface area contributed by atoms with Crippen LogP contribution in [0.1, 0.15) is 47.9 Å². The summed E-state index contributed by atoms with van der Waals surface area (Å²) in [4.78, 5) is 23.8. The van der Waals surface area contributed by atoms with E-state index in [1.54, 1.807) is 6.07 Å². The van der Waals surface area contributed by atoms with Crippen LogP contribution in [0.15, 0.2) is 24.3 Å². The zero-order chi connectivity index (χ0) is 18.2. The van der Waals surface area contributed by atoms with Crippen molar-refractivity contribution in [1.82, 2.24) is 15.5 Å². The van der Waals surface area contributed by atoms with Gasteiger partial charge < -0.3 is 10.6 Å². The zero-order valence-electron chi connectivity index (χ0n) is 14.2. The van der Waals surface area contributed by atoms with Gasteiger partial charge in [-0.1, -0.05) is 24.3 Å². The first kappa shape index (κ1) is 19.0. The second-order valence-corrected chi connectivity index (χ2v) is 6.76. The maximum atomic E-state index is 13.1. The van der Waals surface area contributed by atoms with E-state index in [-0.39, 0.29) is 17.0 Å². The normalized spacial score (nSPS) is 11.8. The summed E-state index contributed by atoms with van der Waals surface area (Å²) in [6.45, 7) is 3.98. The van der Waals surface area contributed by atoms with Crippen LogP contribution in [0.3, 0.4) is 0 Å². The highest BCUT2D eigenvalue weighted by molar-refractivity contribution is 7.13. The van der Waals surface area contributed by atoms with Crippen molar-refractivity contribution in [2.45, 2.75) is 45.6 Å². The molecule has 1 atom stereocenters. The molecule has 0 spiro atoms. The third-order valence-electron chi connectivity index (χ3n) is 3.56. The minimum atomic E-state index is -0.427. The molecule has 0 unspecified atom stereocenters. The number of aryl methyl sites for hydroxylation is 1. The van der Waals surface area contributed by atoms with Crippen molar-refractivity contribution in [3.63, 3.8) is 0 Å². The molecule has 1 aromatic carbocycles. The highest BCUT2D eigenvalue weighted by Gasteiger charge is 2.14. The Morgan fingerprint density at radius 1 is 1.32 bits per heavy atom. The number of nitrogens with one attached hydrogen (secondary N) is 2. The van der Waals surface area contributed by atoms with Crippen LogP contribution in [0.4, 0.5) is 10.1 Å². The molecule has 8 heteroatoms. The Kier molecular flexibility index (Phi) is 7.00. The molecule has 2 amide bonds. The predicted octanol–water partition coefficient (Wildman–Crippen LogP) is 3.17. The van der Waals surface area contributed by atoms with Gasteiger partial charge in [0.05, 0.1) is 0 Å². The van der Waals surface area contributed by atoms with E-state index >= 15 is 0 Å². The number of anilines is 1. The SMILES string of the molecule is CC[C@@H](C)NC(=O)CCCc1nnc(C(=O)Nc2cccc(F)c2)s1. The number of nitrogens with zero attached hydrogens (tertiary/aromatic N) is 2. The number of halogens is 1. The second-order valence-electron chi connectivity index (χ2n) is 5.70. The van der Waals surface area contributed by atoms with Crippen LogP contribution < -0.4 is 10.6 Å². The van der Waals surface area contributed by atoms with Crippen molar-refractivity contribution in [3.05, 3.63) is 40.1 Å². The van der Waals surface area contributed by atoms with Gasteiger partial charge in [-0.25, -0.2) is 4.39 Å². The Morgan fingerprint density at radius 2 is 2.12 bits per heavy atom. The molecule has 0 bridgehead atoms. The lowest BCUT2D eigenvalue weighted by Crippen LogP contribution is -2.31. The van der Waals surface area contributed by atoms with E-state index in [1.807, 2.05) is 13.8 Å². The van der Waals surface area contributed by atoms with Crippen molar-refractivity contribution >= 4 is 28.8 Å². The standard InChI is InChI=1S/C17H21FN4O2S/c1-3-11(2)19-14(23)8-5-9-15-21-22-17(25-15)16(24)20-13-7-4-6-12(18)10-13/h4,6-7,10-11H,3,5,8-9H2,1-2H3,(H,19,23)(H,20,24)/t11-/m1/s1. The van der Waals surface area contributed by atoms with Gasteiger partial charge >= 0.3 is 0 Å². The van der Waals surface area contributed by atoms with E-state index < -0.39 is 11.7 Å². The fraction of sp³-hybridized carbons (Fsp3) is 0.412. The quantitative estimate of drug-likeness (QED) is 0.753. The molecular formula is C17H21FN4O2S. The molecule has 0 saturated carbocycles. The molecule has 0 aliphatic heterocycles. The number of benzene rings is 1. The number of rotatable bonds is 8. The predicted molar refractivity (Wildman–Crippen MR) is 95.1 cm³/mol. The molecule has 1 aromatic heterocycles. The number of carbonyl (C=O) groups is 2. The molecule has 1 heterocycles. The number of hydrogen-bond donors (Lipinski definition) is 2. The summed E-state index contributed by atoms with van der Waals surface area (Å²) < 4.78 is 13.1. The summed E-state index contributed by atoms with van der Waals surface area (Å²) in [5.41, 5.74) is 0.364. The smallest absolute Gasteiger partial charge is 0.286 e. The first-order valence-corrected chi connectivity index (χ1v) is 8.98. The number of aromatic nitrogens is 2. The van der Waals surface area contributed by atoms with Crippen molar-refractivity contribution in [2.24, 2.45) is 0 Å². The van der Waals surface area contributed by atoms with Gasteiger partial charge in [0.1, 0.15) is 10.8 Å². The molecule has 6 nitrogen and oxygen atoms in total. The van der Waals surface area contributed by atoms with E-state index in [0.29, 0.717) is 30.0 Å². The Hall–Kier alpha value is -2.35. The topological polar surface area (TPSA) is 84.0 Å². The van der Waals surface area contributed by atoms with E-state index in [9.17, 15) is 14.0 Å². The van der Waals surface area contributed by atoms with E-state index in [1.165, 1.54) is 29.5 Å². The molecule has 0 aliphatic rings. The van der Waals surface area contributed by atoms with Gasteiger partial charge in [0.2, 0.25) is 10.9 Å². The van der Waals surface area contributed by atoms with Gasteiger partial charge in [-0.15, -0.1) is 10.2 Å². The summed E-state index contributed by atoms with van der Waals surface area (Å²) in [6, 6.07) is 5.82. The van der Waals surface area contributed by atoms with Crippen LogP contribution in [0, 0.1) is 5.82 Å². The van der Waals surface area contributed by atoms with Crippen molar-refractivity contribution in [3.8, 4) is 0 Å². The van der Waals surface area contributed by atoms with Gasteiger partial charge in [0, 0.05) is 24.6 Å². The van der Waals surface area contributed by atoms with Gasteiger partial charge in [-0.3, -0.25) is 9.59 Å². The third kappa shape index (κ3) is 6.22. The monoisotopic (exact) mass is 364 g/mol. The molecular weight excluding hydrogens is 343 g/mol. The molecule has 2 aromatic rings. The average molecular weight is 364 g/mol. The molecule has 0 radical (unpaired) electrons. The lowest BCUT2D eigenvalue weighted by molar-refractivity contribution is -0.121. The fourth-order valence-corrected chi connectivity index (χ4v) is 2.82. The largest absolute Gasteiger partial charge is 0.354 e. The number of carbonyl (C=O) groups excluding carboxylic acids is 2. The first-order chi connectivity index (χ1) is 12.0. The molecule has 0 aliphatic carbocycles. The van der Waals surface area contributed by atoms with E-state index in [0.717, 1.165) is 6.42 Å². The second kappa shape index (κ2) is 9.22. The van der Waals surface area contributed by atoms with Crippen LogP contribution in [-0.2, 0) is 11.2 Å². The summed E-state index contributed by atoms with van der Waals surface area (Å²) in [5.74, 6) is -0.835. The molecule has 0 saturated heterocycles. The van der Waals surface area contributed by atoms with E-state index in [4.69, 9.17) is 0 Å². The van der Waals surface area contributed by atoms with Crippen molar-refractivity contribution in [1.29, 1.82) is 0 Å². The average Bonchev–Trinajstić information content (AvgIpc) is 3.03. The maximum Gasteiger partial charge on any atom is 0.286 e. The van der Waals surface area contributed by atoms with E-state index in [2.05, 4.69) is 20.8 Å². The summed E-state index contributed by atoms with van der Waals surface area (Å²) in [6.07, 6.45) is 2.53. The first-order valence-electron chi connectivity index (χ1n) is 8.16. The summed E-state index contributed by atoms with van der Waals surface area (Å²) >= 11 is 1.17. The summed E-state index contributed by atoms with van der Waals surface area (Å²) in [5, 5.41) is 14.2. The minimum absolute atomic E-state index is 0.0166. The van der Waals surface area contributed by atoms with Gasteiger partial charge in [-0.2, -0.15) is 0 Å². The highest BCUT2D eigenvalue weighted by atomic mass is 32.1. The van der Waals surface area contributed by atoms with Gasteiger partial charge in [-0.05, 0) is 38.0 Å². The van der Waals surface area contributed by atoms with Crippen LogP contribution in [-0.4, -0.2) is 28.1 Å². The molecule has 2 rings (SSSR count). The van der Waals surface area contributed by atoms with Gasteiger partial charge in [0.25, 0.3) is 5.91 Å². The number of hydrogen-bond acceptors (Lipinski definition) is 5. The Balaban J connectivity index is 1.81. The highest BCUT2D eigenvalue weighted by Crippen LogP contribution is 2.16. The Labute approximate surface area is 149 Å². The Morgan fingerprint density at radius 3 is 2.84 bits per heavy atom. The molecule has 0 fully saturated rings. The van der Waals surface area contributed by atoms with Crippen LogP contribution in [0.5, 0.6) is 0 Å². The minimum Gasteiger partial charge on any atom is -0.354 e. The molecule has 134 valence electrons. The Bertz CT molecular complexity index is 735. The number of amides is 2. The summed E-state index contributed by atoms with van der Waals surface area (Å²) in [7, 11) is 0. The van der Waals surface area contributed by atoms with Crippen LogP contribution in [0.25, 0.3) is 0 Å². The van der Waals surface area contributed by atoms with Gasteiger partial charge in [0.15, 0.2) is 0 Å². The van der Waals surface area contributed by atoms with Crippen molar-refractivity contribution in [2.75, 3.05) is 5.32 Å². The van der Waals surface area contributed by atoms with Crippen LogP contribution in [0.2, 0.25) is 0 Å². The molecule has 2 N–H and O–H groups in total. The maximum absolute atomic E-state index is 13.1. The van der Waals surface area contributed by atoms with Crippen molar-refractivity contribution < 1.29 is 14.0 Å². The third-order valence-corrected chi connectivity index (χ3v) is 4.54. The lowest BCUT2D eigenvalue weighted by Gasteiger charge is -2.10. The molecule has 25 heavy (non-hydrogen) atoms. The van der Waals surface area contributed by atoms with Crippen LogP contribution >= 0.6 is 11.3 Å². The zero-order valence-corrected chi connectivity index (χ0v) is 15.0. The lowest BCUT2D eigenvalue weighted by atomic mass is 10.2.